The third-order valence-electron chi connectivity index (χ3n) is 3.67. The van der Waals surface area contributed by atoms with E-state index in [0.29, 0.717) is 18.8 Å². The van der Waals surface area contributed by atoms with E-state index in [-0.39, 0.29) is 12.4 Å². The van der Waals surface area contributed by atoms with Crippen molar-refractivity contribution in [2.45, 2.75) is 19.6 Å². The Hall–Kier alpha value is -2.12. The Morgan fingerprint density at radius 2 is 2.00 bits per heavy atom. The maximum atomic E-state index is 12.8. The van der Waals surface area contributed by atoms with Crippen molar-refractivity contribution in [1.82, 2.24) is 15.1 Å². The molecule has 132 valence electrons. The second-order valence-electron chi connectivity index (χ2n) is 5.96. The summed E-state index contributed by atoms with van der Waals surface area (Å²) in [7, 11) is 5.87. The Kier molecular flexibility index (Phi) is 6.16. The van der Waals surface area contributed by atoms with E-state index in [1.165, 1.54) is 24.3 Å². The van der Waals surface area contributed by atoms with Gasteiger partial charge in [-0.2, -0.15) is 5.10 Å². The molecular weight excluding hydrogens is 311 g/mol. The molecule has 2 aromatic rings. The predicted molar refractivity (Wildman–Crippen MR) is 91.9 cm³/mol. The molecule has 0 saturated carbocycles. The summed E-state index contributed by atoms with van der Waals surface area (Å²) < 4.78 is 20.1. The van der Waals surface area contributed by atoms with Crippen LogP contribution in [0.2, 0.25) is 0 Å². The lowest BCUT2D eigenvalue weighted by Gasteiger charge is -2.17. The molecule has 0 unspecified atom stereocenters. The van der Waals surface area contributed by atoms with Crippen molar-refractivity contribution in [1.29, 1.82) is 0 Å². The van der Waals surface area contributed by atoms with Crippen molar-refractivity contribution in [2.75, 3.05) is 32.1 Å². The number of aliphatic hydroxyl groups excluding tert-OH is 1. The topological polar surface area (TPSA) is 62.6 Å². The van der Waals surface area contributed by atoms with Crippen LogP contribution in [0.5, 0.6) is 5.75 Å². The molecule has 0 aliphatic rings. The predicted octanol–water partition coefficient (Wildman–Crippen LogP) is 1.46. The van der Waals surface area contributed by atoms with Crippen LogP contribution in [-0.4, -0.2) is 48.2 Å². The van der Waals surface area contributed by atoms with E-state index in [1.54, 1.807) is 0 Å². The van der Waals surface area contributed by atoms with Crippen LogP contribution < -0.4 is 15.0 Å². The molecule has 6 nitrogen and oxygen atoms in total. The Balaban J connectivity index is 1.80. The van der Waals surface area contributed by atoms with Gasteiger partial charge < -0.3 is 20.1 Å². The van der Waals surface area contributed by atoms with Crippen LogP contribution in [-0.2, 0) is 13.6 Å². The summed E-state index contributed by atoms with van der Waals surface area (Å²) in [5, 5.41) is 17.7. The van der Waals surface area contributed by atoms with Gasteiger partial charge in [-0.3, -0.25) is 4.68 Å². The highest BCUT2D eigenvalue weighted by atomic mass is 19.1. The first kappa shape index (κ1) is 18.2. The molecule has 1 heterocycles. The summed E-state index contributed by atoms with van der Waals surface area (Å²) >= 11 is 0. The molecule has 0 radical (unpaired) electrons. The molecule has 24 heavy (non-hydrogen) atoms. The lowest BCUT2D eigenvalue weighted by Crippen LogP contribution is -2.31. The third kappa shape index (κ3) is 4.69. The monoisotopic (exact) mass is 336 g/mol. The van der Waals surface area contributed by atoms with E-state index in [0.717, 1.165) is 17.1 Å². The van der Waals surface area contributed by atoms with Crippen LogP contribution in [0.25, 0.3) is 0 Å². The fraction of sp³-hybridized carbons (Fsp3) is 0.471. The summed E-state index contributed by atoms with van der Waals surface area (Å²) in [6.07, 6.45) is -0.658. The molecule has 0 fully saturated rings. The summed E-state index contributed by atoms with van der Waals surface area (Å²) in [4.78, 5) is 2.02. The lowest BCUT2D eigenvalue weighted by molar-refractivity contribution is 0.106. The molecule has 2 rings (SSSR count). The van der Waals surface area contributed by atoms with E-state index in [4.69, 9.17) is 4.74 Å². The first-order valence-electron chi connectivity index (χ1n) is 7.85. The molecule has 0 saturated heterocycles. The zero-order chi connectivity index (χ0) is 17.7. The van der Waals surface area contributed by atoms with Gasteiger partial charge in [-0.1, -0.05) is 0 Å². The Bertz CT molecular complexity index is 655. The number of rotatable bonds is 8. The standard InChI is InChI=1S/C17H25FN4O2/c1-12-16(17(21(2)3)22(4)20-12)10-19-9-14(23)11-24-15-7-5-13(18)6-8-15/h5-8,14,19,23H,9-11H2,1-4H3/t14-/m0/s1. The number of hydrogen-bond acceptors (Lipinski definition) is 5. The van der Waals surface area contributed by atoms with Gasteiger partial charge in [-0.25, -0.2) is 4.39 Å². The molecule has 0 aliphatic heterocycles. The molecule has 1 aromatic carbocycles. The molecule has 1 aromatic heterocycles. The minimum absolute atomic E-state index is 0.144. The van der Waals surface area contributed by atoms with Gasteiger partial charge in [0.15, 0.2) is 0 Å². The second-order valence-corrected chi connectivity index (χ2v) is 5.96. The number of nitrogens with zero attached hydrogens (tertiary/aromatic N) is 3. The maximum Gasteiger partial charge on any atom is 0.130 e. The van der Waals surface area contributed by atoms with Crippen molar-refractivity contribution in [3.05, 3.63) is 41.3 Å². The van der Waals surface area contributed by atoms with Gasteiger partial charge in [-0.05, 0) is 31.2 Å². The van der Waals surface area contributed by atoms with Crippen LogP contribution in [0, 0.1) is 12.7 Å². The Labute approximate surface area is 141 Å². The smallest absolute Gasteiger partial charge is 0.130 e. The fourth-order valence-electron chi connectivity index (χ4n) is 2.60. The van der Waals surface area contributed by atoms with E-state index in [1.807, 2.05) is 37.6 Å². The average molecular weight is 336 g/mol. The van der Waals surface area contributed by atoms with E-state index < -0.39 is 6.10 Å². The fourth-order valence-corrected chi connectivity index (χ4v) is 2.60. The maximum absolute atomic E-state index is 12.8. The van der Waals surface area contributed by atoms with Gasteiger partial charge in [0.25, 0.3) is 0 Å². The lowest BCUT2D eigenvalue weighted by atomic mass is 10.2. The van der Waals surface area contributed by atoms with Crippen molar-refractivity contribution >= 4 is 5.82 Å². The first-order valence-corrected chi connectivity index (χ1v) is 7.85. The summed E-state index contributed by atoms with van der Waals surface area (Å²) in [6, 6.07) is 5.73. The Morgan fingerprint density at radius 3 is 2.62 bits per heavy atom. The molecule has 7 heteroatoms. The first-order chi connectivity index (χ1) is 11.4. The van der Waals surface area contributed by atoms with Crippen molar-refractivity contribution in [3.8, 4) is 5.75 Å². The van der Waals surface area contributed by atoms with Gasteiger partial charge in [0.2, 0.25) is 0 Å². The Morgan fingerprint density at radius 1 is 1.33 bits per heavy atom. The highest BCUT2D eigenvalue weighted by Crippen LogP contribution is 2.20. The largest absolute Gasteiger partial charge is 0.491 e. The average Bonchev–Trinajstić information content (AvgIpc) is 2.81. The number of benzene rings is 1. The number of ether oxygens (including phenoxy) is 1. The minimum atomic E-state index is -0.658. The number of halogens is 1. The van der Waals surface area contributed by atoms with Crippen molar-refractivity contribution in [3.63, 3.8) is 0 Å². The van der Waals surface area contributed by atoms with E-state index in [9.17, 15) is 9.50 Å². The van der Waals surface area contributed by atoms with Crippen molar-refractivity contribution < 1.29 is 14.2 Å². The quantitative estimate of drug-likeness (QED) is 0.764. The molecular formula is C17H25FN4O2. The normalized spacial score (nSPS) is 12.2. The van der Waals surface area contributed by atoms with Gasteiger partial charge in [0, 0.05) is 39.8 Å². The van der Waals surface area contributed by atoms with E-state index >= 15 is 0 Å². The summed E-state index contributed by atoms with van der Waals surface area (Å²) in [5.74, 6) is 1.26. The van der Waals surface area contributed by atoms with Crippen LogP contribution >= 0.6 is 0 Å². The number of aryl methyl sites for hydroxylation is 2. The zero-order valence-corrected chi connectivity index (χ0v) is 14.6. The molecule has 0 aliphatic carbocycles. The molecule has 2 N–H and O–H groups in total. The van der Waals surface area contributed by atoms with Crippen LogP contribution in [0.4, 0.5) is 10.2 Å². The second kappa shape index (κ2) is 8.12. The summed E-state index contributed by atoms with van der Waals surface area (Å²) in [5.41, 5.74) is 2.07. The number of nitrogens with one attached hydrogen (secondary N) is 1. The SMILES string of the molecule is Cc1nn(C)c(N(C)C)c1CNC[C@H](O)COc1ccc(F)cc1. The number of aromatic nitrogens is 2. The van der Waals surface area contributed by atoms with Gasteiger partial charge >= 0.3 is 0 Å². The molecule has 0 amide bonds. The highest BCUT2D eigenvalue weighted by Gasteiger charge is 2.15. The summed E-state index contributed by atoms with van der Waals surface area (Å²) in [6.45, 7) is 3.12. The zero-order valence-electron chi connectivity index (χ0n) is 14.6. The molecule has 0 bridgehead atoms. The number of aliphatic hydroxyl groups is 1. The molecule has 1 atom stereocenters. The number of anilines is 1. The minimum Gasteiger partial charge on any atom is -0.491 e. The third-order valence-corrected chi connectivity index (χ3v) is 3.67. The van der Waals surface area contributed by atoms with Crippen LogP contribution in [0.3, 0.4) is 0 Å². The number of hydrogen-bond donors (Lipinski definition) is 2. The van der Waals surface area contributed by atoms with Gasteiger partial charge in [-0.15, -0.1) is 0 Å². The van der Waals surface area contributed by atoms with Crippen LogP contribution in [0.1, 0.15) is 11.3 Å². The highest BCUT2D eigenvalue weighted by molar-refractivity contribution is 5.48. The van der Waals surface area contributed by atoms with Crippen molar-refractivity contribution in [2.24, 2.45) is 7.05 Å². The van der Waals surface area contributed by atoms with Crippen LogP contribution in [0.15, 0.2) is 24.3 Å². The molecule has 0 spiro atoms. The van der Waals surface area contributed by atoms with Gasteiger partial charge in [0.05, 0.1) is 5.69 Å². The van der Waals surface area contributed by atoms with E-state index in [2.05, 4.69) is 10.4 Å². The van der Waals surface area contributed by atoms with Gasteiger partial charge in [0.1, 0.15) is 30.1 Å².